The van der Waals surface area contributed by atoms with E-state index in [1.807, 2.05) is 53.3 Å². The van der Waals surface area contributed by atoms with E-state index in [2.05, 4.69) is 15.5 Å². The first-order valence-corrected chi connectivity index (χ1v) is 14.8. The number of amides is 1. The molecule has 3 aromatic heterocycles. The van der Waals surface area contributed by atoms with Crippen LogP contribution < -0.4 is 5.32 Å². The number of nitrogens with zero attached hydrogens (tertiary/aromatic N) is 4. The second-order valence-electron chi connectivity index (χ2n) is 9.92. The molecule has 2 N–H and O–H groups in total. The van der Waals surface area contributed by atoms with Gasteiger partial charge in [-0.15, -0.1) is 21.5 Å². The Labute approximate surface area is 251 Å². The smallest absolute Gasteiger partial charge is 0.303 e. The predicted molar refractivity (Wildman–Crippen MR) is 163 cm³/mol. The fourth-order valence-electron chi connectivity index (χ4n) is 5.14. The lowest BCUT2D eigenvalue weighted by Crippen LogP contribution is -2.28. The van der Waals surface area contributed by atoms with E-state index in [4.69, 9.17) is 16.7 Å². The summed E-state index contributed by atoms with van der Waals surface area (Å²) >= 11 is 7.85. The van der Waals surface area contributed by atoms with E-state index in [0.29, 0.717) is 51.5 Å². The highest BCUT2D eigenvalue weighted by Crippen LogP contribution is 2.32. The van der Waals surface area contributed by atoms with Crippen molar-refractivity contribution in [2.45, 2.75) is 53.1 Å². The van der Waals surface area contributed by atoms with E-state index in [0.717, 1.165) is 27.8 Å². The van der Waals surface area contributed by atoms with Gasteiger partial charge in [-0.2, -0.15) is 0 Å². The number of ketones is 1. The maximum atomic E-state index is 13.7. The van der Waals surface area contributed by atoms with Crippen LogP contribution in [0.1, 0.15) is 68.3 Å². The Bertz CT molecular complexity index is 1820. The van der Waals surface area contributed by atoms with E-state index in [9.17, 15) is 14.4 Å². The van der Waals surface area contributed by atoms with E-state index < -0.39 is 5.97 Å². The van der Waals surface area contributed by atoms with Gasteiger partial charge < -0.3 is 15.0 Å². The molecule has 0 saturated carbocycles. The summed E-state index contributed by atoms with van der Waals surface area (Å²) < 4.78 is 3.69. The van der Waals surface area contributed by atoms with Crippen LogP contribution in [0.4, 0.5) is 0 Å². The second kappa shape index (κ2) is 12.3. The van der Waals surface area contributed by atoms with Crippen LogP contribution in [-0.2, 0) is 24.3 Å². The van der Waals surface area contributed by atoms with Gasteiger partial charge in [0.2, 0.25) is 0 Å². The van der Waals surface area contributed by atoms with Crippen LogP contribution in [0.2, 0.25) is 5.02 Å². The molecule has 0 radical (unpaired) electrons. The molecule has 0 bridgehead atoms. The summed E-state index contributed by atoms with van der Waals surface area (Å²) in [5.74, 6) is -0.327. The maximum Gasteiger partial charge on any atom is 0.303 e. The number of aryl methyl sites for hydroxylation is 4. The number of carbonyl (C=O) groups is 3. The number of hydrogen-bond acceptors (Lipinski definition) is 6. The Balaban J connectivity index is 1.47. The lowest BCUT2D eigenvalue weighted by Gasteiger charge is -2.13. The van der Waals surface area contributed by atoms with Crippen LogP contribution in [0.5, 0.6) is 0 Å². The summed E-state index contributed by atoms with van der Waals surface area (Å²) in [7, 11) is 0. The lowest BCUT2D eigenvalue weighted by atomic mass is 10.0. The highest BCUT2D eigenvalue weighted by atomic mass is 35.5. The number of carbonyl (C=O) groups excluding carboxylic acids is 2. The van der Waals surface area contributed by atoms with Crippen LogP contribution in [0.15, 0.2) is 54.6 Å². The van der Waals surface area contributed by atoms with Gasteiger partial charge in [-0.3, -0.25) is 19.0 Å². The minimum atomic E-state index is -0.879. The lowest BCUT2D eigenvalue weighted by molar-refractivity contribution is -0.137. The normalized spacial score (nSPS) is 11.2. The quantitative estimate of drug-likeness (QED) is 0.175. The molecule has 2 aromatic carbocycles. The average molecular weight is 604 g/mol. The topological polar surface area (TPSA) is 119 Å². The molecule has 5 rings (SSSR count). The van der Waals surface area contributed by atoms with Crippen molar-refractivity contribution in [1.29, 1.82) is 0 Å². The summed E-state index contributed by atoms with van der Waals surface area (Å²) in [5, 5.41) is 22.7. The monoisotopic (exact) mass is 603 g/mol. The van der Waals surface area contributed by atoms with Gasteiger partial charge in [0.1, 0.15) is 16.5 Å². The molecule has 42 heavy (non-hydrogen) atoms. The number of carboxylic acid groups (broad SMARTS) is 1. The molecule has 5 aromatic rings. The molecule has 0 fully saturated rings. The van der Waals surface area contributed by atoms with Crippen LogP contribution in [0, 0.1) is 13.8 Å². The number of para-hydroxylation sites is 1. The van der Waals surface area contributed by atoms with Gasteiger partial charge in [0, 0.05) is 34.3 Å². The van der Waals surface area contributed by atoms with E-state index >= 15 is 0 Å². The molecule has 3 heterocycles. The van der Waals surface area contributed by atoms with Crippen LogP contribution in [0.25, 0.3) is 15.9 Å². The third-order valence-corrected chi connectivity index (χ3v) is 8.78. The summed E-state index contributed by atoms with van der Waals surface area (Å²) in [4.78, 5) is 39.5. The number of hydrogen-bond donors (Lipinski definition) is 2. The summed E-state index contributed by atoms with van der Waals surface area (Å²) in [6.45, 7) is 6.17. The summed E-state index contributed by atoms with van der Waals surface area (Å²) in [6, 6.07) is 16.5. The maximum absolute atomic E-state index is 13.7. The first-order chi connectivity index (χ1) is 20.2. The molecule has 0 spiro atoms. The number of carboxylic acids is 1. The fraction of sp³-hybridized carbons (Fsp3) is 0.258. The Morgan fingerprint density at radius 2 is 1.76 bits per heavy atom. The summed E-state index contributed by atoms with van der Waals surface area (Å²) in [5.41, 5.74) is 3.07. The van der Waals surface area contributed by atoms with Crippen molar-refractivity contribution in [3.8, 4) is 5.00 Å². The number of aliphatic carboxylic acids is 1. The van der Waals surface area contributed by atoms with Gasteiger partial charge in [0.15, 0.2) is 11.6 Å². The second-order valence-corrected chi connectivity index (χ2v) is 11.4. The largest absolute Gasteiger partial charge is 0.481 e. The van der Waals surface area contributed by atoms with Crippen molar-refractivity contribution in [1.82, 2.24) is 24.6 Å². The zero-order chi connectivity index (χ0) is 30.0. The number of aromatic nitrogens is 4. The Morgan fingerprint density at radius 3 is 2.50 bits per heavy atom. The number of thiophene rings is 1. The first-order valence-electron chi connectivity index (χ1n) is 13.6. The molecule has 9 nitrogen and oxygen atoms in total. The molecule has 1 amide bonds. The highest BCUT2D eigenvalue weighted by molar-refractivity contribution is 7.15. The zero-order valence-electron chi connectivity index (χ0n) is 23.5. The van der Waals surface area contributed by atoms with Gasteiger partial charge in [0.25, 0.3) is 5.91 Å². The van der Waals surface area contributed by atoms with Crippen LogP contribution in [-0.4, -0.2) is 42.1 Å². The molecule has 0 unspecified atom stereocenters. The molecule has 11 heteroatoms. The standard InChI is InChI=1S/C31H30ClN5O4S/c1-4-20-16-23(29(40)22-11-5-7-12-24(22)32)31(42-20)37-19(3)34-35-26(37)17-33-30(41)28-18(2)21-10-6-8-13-25(21)36(28)15-9-14-27(38)39/h5-8,10-13,16H,4,9,14-15,17H2,1-3H3,(H,33,41)(H,38,39). The number of benzene rings is 2. The van der Waals surface area contributed by atoms with Crippen molar-refractivity contribution >= 4 is 51.5 Å². The van der Waals surface area contributed by atoms with Crippen molar-refractivity contribution in [2.24, 2.45) is 0 Å². The number of halogens is 1. The third-order valence-electron chi connectivity index (χ3n) is 7.19. The SMILES string of the molecule is CCc1cc(C(=O)c2ccccc2Cl)c(-n2c(C)nnc2CNC(=O)c2c(C)c3ccccc3n2CCCC(=O)O)s1. The fourth-order valence-corrected chi connectivity index (χ4v) is 6.52. The molecule has 0 aliphatic heterocycles. The molecular formula is C31H30ClN5O4S. The Hall–Kier alpha value is -4.28. The predicted octanol–water partition coefficient (Wildman–Crippen LogP) is 6.14. The molecular weight excluding hydrogens is 574 g/mol. The van der Waals surface area contributed by atoms with Gasteiger partial charge in [-0.05, 0) is 56.5 Å². The minimum absolute atomic E-state index is 0.00477. The minimum Gasteiger partial charge on any atom is -0.481 e. The van der Waals surface area contributed by atoms with Crippen LogP contribution >= 0.6 is 22.9 Å². The van der Waals surface area contributed by atoms with Gasteiger partial charge in [-0.25, -0.2) is 0 Å². The Kier molecular flexibility index (Phi) is 8.56. The number of nitrogens with one attached hydrogen (secondary N) is 1. The zero-order valence-corrected chi connectivity index (χ0v) is 25.1. The van der Waals surface area contributed by atoms with Crippen molar-refractivity contribution in [2.75, 3.05) is 0 Å². The van der Waals surface area contributed by atoms with Gasteiger partial charge in [0.05, 0.1) is 17.1 Å². The van der Waals surface area contributed by atoms with Crippen molar-refractivity contribution in [3.05, 3.63) is 98.5 Å². The van der Waals surface area contributed by atoms with Gasteiger partial charge >= 0.3 is 5.97 Å². The average Bonchev–Trinajstić information content (AvgIpc) is 3.65. The molecule has 216 valence electrons. The third kappa shape index (κ3) is 5.60. The van der Waals surface area contributed by atoms with Crippen molar-refractivity contribution < 1.29 is 19.5 Å². The van der Waals surface area contributed by atoms with Crippen LogP contribution in [0.3, 0.4) is 0 Å². The van der Waals surface area contributed by atoms with Crippen molar-refractivity contribution in [3.63, 3.8) is 0 Å². The number of rotatable bonds is 11. The highest BCUT2D eigenvalue weighted by Gasteiger charge is 2.25. The van der Waals surface area contributed by atoms with E-state index in [-0.39, 0.29) is 24.7 Å². The molecule has 0 atom stereocenters. The summed E-state index contributed by atoms with van der Waals surface area (Å²) in [6.07, 6.45) is 1.14. The molecule has 0 aliphatic rings. The molecule has 0 saturated heterocycles. The number of fused-ring (bicyclic) bond motifs is 1. The van der Waals surface area contributed by atoms with E-state index in [1.165, 1.54) is 11.3 Å². The molecule has 0 aliphatic carbocycles. The first kappa shape index (κ1) is 29.2. The Morgan fingerprint density at radius 1 is 1.02 bits per heavy atom. The van der Waals surface area contributed by atoms with Gasteiger partial charge in [-0.1, -0.05) is 48.9 Å². The van der Waals surface area contributed by atoms with E-state index in [1.54, 1.807) is 31.2 Å².